The summed E-state index contributed by atoms with van der Waals surface area (Å²) in [5, 5.41) is 26.5. The van der Waals surface area contributed by atoms with Crippen LogP contribution in [-0.2, 0) is 13.0 Å². The molecule has 0 aliphatic rings. The molecule has 0 saturated heterocycles. The van der Waals surface area contributed by atoms with Crippen LogP contribution in [0.5, 0.6) is 0 Å². The van der Waals surface area contributed by atoms with E-state index in [9.17, 15) is 15.2 Å². The van der Waals surface area contributed by atoms with Crippen LogP contribution in [0.1, 0.15) is 4.88 Å². The maximum Gasteiger partial charge on any atom is 0.306 e. The van der Waals surface area contributed by atoms with Gasteiger partial charge in [0, 0.05) is 18.0 Å². The topological polar surface area (TPSA) is 84.4 Å². The lowest BCUT2D eigenvalue weighted by atomic mass is 10.3. The predicted molar refractivity (Wildman–Crippen MR) is 80.4 cm³/mol. The summed E-state index contributed by atoms with van der Waals surface area (Å²) >= 11 is 1.72. The number of thiophene rings is 1. The number of hydrogen-bond acceptors (Lipinski definition) is 6. The van der Waals surface area contributed by atoms with E-state index in [2.05, 4.69) is 16.5 Å². The Morgan fingerprint density at radius 2 is 2.43 bits per heavy atom. The molecule has 2 heterocycles. The molecule has 2 aromatic heterocycles. The lowest BCUT2D eigenvalue weighted by Gasteiger charge is -2.20. The third kappa shape index (κ3) is 4.92. The first kappa shape index (κ1) is 15.6. The number of hydrogen-bond donors (Lipinski definition) is 1. The Morgan fingerprint density at radius 3 is 3.05 bits per heavy atom. The van der Waals surface area contributed by atoms with Crippen LogP contribution in [-0.4, -0.2) is 51.0 Å². The summed E-state index contributed by atoms with van der Waals surface area (Å²) in [4.78, 5) is 13.4. The van der Waals surface area contributed by atoms with E-state index in [0.29, 0.717) is 6.54 Å². The Morgan fingerprint density at radius 1 is 1.62 bits per heavy atom. The van der Waals surface area contributed by atoms with Crippen LogP contribution in [0.3, 0.4) is 0 Å². The van der Waals surface area contributed by atoms with Gasteiger partial charge in [-0.3, -0.25) is 14.8 Å². The third-order valence-electron chi connectivity index (χ3n) is 3.07. The lowest BCUT2D eigenvalue weighted by Crippen LogP contribution is -2.33. The summed E-state index contributed by atoms with van der Waals surface area (Å²) < 4.78 is 1.40. The van der Waals surface area contributed by atoms with Crippen LogP contribution in [0, 0.1) is 10.1 Å². The van der Waals surface area contributed by atoms with Gasteiger partial charge in [0.25, 0.3) is 0 Å². The van der Waals surface area contributed by atoms with Gasteiger partial charge in [0.1, 0.15) is 12.4 Å². The Bertz CT molecular complexity index is 570. The number of aromatic nitrogens is 2. The molecular weight excluding hydrogens is 292 g/mol. The molecule has 2 rings (SSSR count). The van der Waals surface area contributed by atoms with Gasteiger partial charge in [0.05, 0.1) is 17.6 Å². The molecule has 0 amide bonds. The number of aliphatic hydroxyl groups excluding tert-OH is 1. The van der Waals surface area contributed by atoms with Crippen LogP contribution in [0.15, 0.2) is 29.9 Å². The van der Waals surface area contributed by atoms with Crippen molar-refractivity contribution in [2.75, 3.05) is 20.1 Å². The average Bonchev–Trinajstić information content (AvgIpc) is 3.06. The second-order valence-electron chi connectivity index (χ2n) is 4.92. The van der Waals surface area contributed by atoms with Crippen LogP contribution in [0.2, 0.25) is 0 Å². The van der Waals surface area contributed by atoms with E-state index in [4.69, 9.17) is 0 Å². The van der Waals surface area contributed by atoms with Gasteiger partial charge in [-0.05, 0) is 24.9 Å². The van der Waals surface area contributed by atoms with Crippen molar-refractivity contribution in [3.8, 4) is 0 Å². The van der Waals surface area contributed by atoms with Gasteiger partial charge in [-0.15, -0.1) is 11.3 Å². The minimum Gasteiger partial charge on any atom is -0.390 e. The van der Waals surface area contributed by atoms with E-state index >= 15 is 0 Å². The smallest absolute Gasteiger partial charge is 0.306 e. The number of rotatable bonds is 8. The Kier molecular flexibility index (Phi) is 5.43. The molecule has 0 radical (unpaired) electrons. The molecular formula is C13H18N4O3S. The van der Waals surface area contributed by atoms with E-state index < -0.39 is 11.0 Å². The summed E-state index contributed by atoms with van der Waals surface area (Å²) in [6, 6.07) is 4.12. The largest absolute Gasteiger partial charge is 0.390 e. The van der Waals surface area contributed by atoms with E-state index in [1.165, 1.54) is 22.0 Å². The Balaban J connectivity index is 1.75. The zero-order valence-electron chi connectivity index (χ0n) is 11.8. The molecule has 0 aromatic carbocycles. The van der Waals surface area contributed by atoms with E-state index in [0.717, 1.165) is 13.0 Å². The molecule has 7 nitrogen and oxygen atoms in total. The number of likely N-dealkylation sites (N-methyl/N-ethyl adjacent to an activating group) is 1. The van der Waals surface area contributed by atoms with Crippen molar-refractivity contribution in [2.45, 2.75) is 19.1 Å². The van der Waals surface area contributed by atoms with Crippen LogP contribution in [0.25, 0.3) is 0 Å². The first-order valence-corrected chi connectivity index (χ1v) is 7.48. The fourth-order valence-corrected chi connectivity index (χ4v) is 2.73. The van der Waals surface area contributed by atoms with Crippen molar-refractivity contribution in [1.29, 1.82) is 0 Å². The zero-order valence-corrected chi connectivity index (χ0v) is 12.6. The predicted octanol–water partition coefficient (Wildman–Crippen LogP) is 1.39. The van der Waals surface area contributed by atoms with Gasteiger partial charge < -0.3 is 10.0 Å². The minimum atomic E-state index is -0.613. The zero-order chi connectivity index (χ0) is 15.2. The molecule has 21 heavy (non-hydrogen) atoms. The summed E-state index contributed by atoms with van der Waals surface area (Å²) in [6.45, 7) is 1.60. The number of nitrogens with zero attached hydrogens (tertiary/aromatic N) is 4. The number of aliphatic hydroxyl groups is 1. The van der Waals surface area contributed by atoms with Crippen molar-refractivity contribution in [2.24, 2.45) is 0 Å². The molecule has 8 heteroatoms. The fraction of sp³-hybridized carbons (Fsp3) is 0.462. The SMILES string of the molecule is CN(CCc1cccs1)CC(O)Cn1cc([N+](=O)[O-])cn1. The Labute approximate surface area is 126 Å². The molecule has 0 saturated carbocycles. The second kappa shape index (κ2) is 7.30. The normalized spacial score (nSPS) is 12.7. The summed E-state index contributed by atoms with van der Waals surface area (Å²) in [7, 11) is 1.95. The highest BCUT2D eigenvalue weighted by atomic mass is 32.1. The van der Waals surface area contributed by atoms with Gasteiger partial charge >= 0.3 is 5.69 Å². The monoisotopic (exact) mass is 310 g/mol. The van der Waals surface area contributed by atoms with Crippen LogP contribution >= 0.6 is 11.3 Å². The van der Waals surface area contributed by atoms with Gasteiger partial charge in [0.2, 0.25) is 0 Å². The van der Waals surface area contributed by atoms with Gasteiger partial charge in [-0.2, -0.15) is 5.10 Å². The molecule has 1 atom stereocenters. The highest BCUT2D eigenvalue weighted by Crippen LogP contribution is 2.10. The molecule has 1 N–H and O–H groups in total. The Hall–Kier alpha value is -1.77. The molecule has 0 aliphatic heterocycles. The van der Waals surface area contributed by atoms with Crippen LogP contribution in [0.4, 0.5) is 5.69 Å². The van der Waals surface area contributed by atoms with E-state index in [1.54, 1.807) is 11.3 Å². The second-order valence-corrected chi connectivity index (χ2v) is 5.96. The first-order valence-electron chi connectivity index (χ1n) is 6.60. The lowest BCUT2D eigenvalue weighted by molar-refractivity contribution is -0.385. The highest BCUT2D eigenvalue weighted by molar-refractivity contribution is 7.09. The number of nitro groups is 1. The van der Waals surface area contributed by atoms with E-state index in [1.807, 2.05) is 18.0 Å². The molecule has 0 aliphatic carbocycles. The van der Waals surface area contributed by atoms with E-state index in [-0.39, 0.29) is 12.2 Å². The molecule has 0 fully saturated rings. The summed E-state index contributed by atoms with van der Waals surface area (Å²) in [5.74, 6) is 0. The maximum atomic E-state index is 10.6. The van der Waals surface area contributed by atoms with Crippen molar-refractivity contribution in [3.05, 3.63) is 44.9 Å². The molecule has 0 spiro atoms. The van der Waals surface area contributed by atoms with Crippen molar-refractivity contribution < 1.29 is 10.0 Å². The third-order valence-corrected chi connectivity index (χ3v) is 4.01. The summed E-state index contributed by atoms with van der Waals surface area (Å²) in [5.41, 5.74) is -0.0618. The van der Waals surface area contributed by atoms with Crippen molar-refractivity contribution in [1.82, 2.24) is 14.7 Å². The van der Waals surface area contributed by atoms with Gasteiger partial charge in [-0.1, -0.05) is 6.07 Å². The molecule has 1 unspecified atom stereocenters. The van der Waals surface area contributed by atoms with Gasteiger partial charge in [-0.25, -0.2) is 0 Å². The quantitative estimate of drug-likeness (QED) is 0.588. The van der Waals surface area contributed by atoms with Crippen molar-refractivity contribution >= 4 is 17.0 Å². The molecule has 0 bridgehead atoms. The standard InChI is InChI=1S/C13H18N4O3S/c1-15(5-4-13-3-2-6-21-13)9-12(18)10-16-8-11(7-14-16)17(19)20/h2-3,6-8,12,18H,4-5,9-10H2,1H3. The molecule has 2 aromatic rings. The maximum absolute atomic E-state index is 10.6. The molecule has 114 valence electrons. The van der Waals surface area contributed by atoms with Crippen molar-refractivity contribution in [3.63, 3.8) is 0 Å². The highest BCUT2D eigenvalue weighted by Gasteiger charge is 2.13. The first-order chi connectivity index (χ1) is 10.0. The summed E-state index contributed by atoms with van der Waals surface area (Å²) in [6.07, 6.45) is 2.86. The van der Waals surface area contributed by atoms with Crippen LogP contribution < -0.4 is 0 Å². The fourth-order valence-electron chi connectivity index (χ4n) is 2.03. The van der Waals surface area contributed by atoms with Gasteiger partial charge in [0.15, 0.2) is 0 Å². The minimum absolute atomic E-state index is 0.0618. The average molecular weight is 310 g/mol.